The fourth-order valence-electron chi connectivity index (χ4n) is 2.13. The molecule has 0 spiro atoms. The lowest BCUT2D eigenvalue weighted by atomic mass is 10.0. The van der Waals surface area contributed by atoms with Crippen molar-refractivity contribution < 1.29 is 14.3 Å². The van der Waals surface area contributed by atoms with E-state index in [1.165, 1.54) is 12.0 Å². The minimum Gasteiger partial charge on any atom is -0.465 e. The summed E-state index contributed by atoms with van der Waals surface area (Å²) >= 11 is 0. The number of methoxy groups -OCH3 is 1. The van der Waals surface area contributed by atoms with Crippen LogP contribution in [0.1, 0.15) is 18.1 Å². The van der Waals surface area contributed by atoms with E-state index in [0.29, 0.717) is 16.8 Å². The number of carbonyl (C=O) groups is 2. The van der Waals surface area contributed by atoms with Crippen molar-refractivity contribution in [3.8, 4) is 0 Å². The molecule has 20 heavy (non-hydrogen) atoms. The number of rotatable bonds is 2. The van der Waals surface area contributed by atoms with Crippen LogP contribution in [0.25, 0.3) is 6.08 Å². The summed E-state index contributed by atoms with van der Waals surface area (Å²) in [5.74, 6) is -0.679. The molecule has 0 fully saturated rings. The normalized spacial score (nSPS) is 17.1. The van der Waals surface area contributed by atoms with E-state index in [1.54, 1.807) is 20.0 Å². The van der Waals surface area contributed by atoms with E-state index in [0.717, 1.165) is 11.1 Å². The molecule has 0 atom stereocenters. The van der Waals surface area contributed by atoms with Gasteiger partial charge in [0.1, 0.15) is 0 Å². The summed E-state index contributed by atoms with van der Waals surface area (Å²) < 4.78 is 4.77. The number of carbonyl (C=O) groups excluding carboxylic acids is 2. The fourth-order valence-corrected chi connectivity index (χ4v) is 2.13. The smallest absolute Gasteiger partial charge is 0.340 e. The first kappa shape index (κ1) is 14.1. The van der Waals surface area contributed by atoms with Crippen LogP contribution >= 0.6 is 0 Å². The molecule has 0 unspecified atom stereocenters. The van der Waals surface area contributed by atoms with Crippen molar-refractivity contribution >= 4 is 18.0 Å². The van der Waals surface area contributed by atoms with Crippen molar-refractivity contribution in [2.24, 2.45) is 0 Å². The Kier molecular flexibility index (Phi) is 3.74. The van der Waals surface area contributed by atoms with Gasteiger partial charge in [-0.3, -0.25) is 4.79 Å². The van der Waals surface area contributed by atoms with Crippen molar-refractivity contribution in [3.63, 3.8) is 0 Å². The molecule has 0 aliphatic carbocycles. The molecule has 1 amide bonds. The maximum atomic E-state index is 12.2. The molecule has 0 bridgehead atoms. The molecular weight excluding hydrogens is 254 g/mol. The number of benzene rings is 1. The predicted octanol–water partition coefficient (Wildman–Crippen LogP) is 2.30. The Morgan fingerprint density at radius 3 is 2.35 bits per heavy atom. The summed E-state index contributed by atoms with van der Waals surface area (Å²) in [6, 6.07) is 7.75. The van der Waals surface area contributed by atoms with Crippen molar-refractivity contribution in [2.45, 2.75) is 13.8 Å². The van der Waals surface area contributed by atoms with Gasteiger partial charge in [-0.05, 0) is 25.5 Å². The van der Waals surface area contributed by atoms with E-state index >= 15 is 0 Å². The Balaban J connectivity index is 2.50. The maximum absolute atomic E-state index is 12.2. The summed E-state index contributed by atoms with van der Waals surface area (Å²) in [7, 11) is 2.96. The summed E-state index contributed by atoms with van der Waals surface area (Å²) in [4.78, 5) is 25.6. The quantitative estimate of drug-likeness (QED) is 0.612. The molecule has 0 N–H and O–H groups in total. The van der Waals surface area contributed by atoms with Crippen LogP contribution in [0.15, 0.2) is 41.1 Å². The molecule has 0 saturated carbocycles. The number of amides is 1. The van der Waals surface area contributed by atoms with E-state index < -0.39 is 5.97 Å². The van der Waals surface area contributed by atoms with Gasteiger partial charge >= 0.3 is 5.97 Å². The largest absolute Gasteiger partial charge is 0.465 e. The summed E-state index contributed by atoms with van der Waals surface area (Å²) in [6.07, 6.45) is 1.72. The van der Waals surface area contributed by atoms with E-state index in [1.807, 2.05) is 31.2 Å². The highest BCUT2D eigenvalue weighted by Gasteiger charge is 2.34. The predicted molar refractivity (Wildman–Crippen MR) is 76.6 cm³/mol. The number of ether oxygens (including phenoxy) is 1. The third-order valence-electron chi connectivity index (χ3n) is 3.45. The first-order chi connectivity index (χ1) is 9.45. The van der Waals surface area contributed by atoms with E-state index in [-0.39, 0.29) is 5.91 Å². The zero-order valence-electron chi connectivity index (χ0n) is 12.1. The van der Waals surface area contributed by atoms with Crippen LogP contribution in [0.5, 0.6) is 0 Å². The van der Waals surface area contributed by atoms with Gasteiger partial charge in [0.2, 0.25) is 0 Å². The molecule has 1 heterocycles. The average molecular weight is 271 g/mol. The van der Waals surface area contributed by atoms with Gasteiger partial charge in [-0.25, -0.2) is 4.79 Å². The summed E-state index contributed by atoms with van der Waals surface area (Å²) in [5, 5.41) is 0. The van der Waals surface area contributed by atoms with Gasteiger partial charge in [-0.2, -0.15) is 0 Å². The zero-order valence-corrected chi connectivity index (χ0v) is 12.1. The van der Waals surface area contributed by atoms with Gasteiger partial charge in [0.15, 0.2) is 0 Å². The zero-order chi connectivity index (χ0) is 14.9. The third-order valence-corrected chi connectivity index (χ3v) is 3.45. The molecule has 0 saturated heterocycles. The first-order valence-corrected chi connectivity index (χ1v) is 6.31. The van der Waals surface area contributed by atoms with Crippen LogP contribution in [0.3, 0.4) is 0 Å². The van der Waals surface area contributed by atoms with Crippen LogP contribution < -0.4 is 0 Å². The van der Waals surface area contributed by atoms with Crippen LogP contribution in [-0.4, -0.2) is 30.9 Å². The fraction of sp³-hybridized carbons (Fsp3) is 0.250. The van der Waals surface area contributed by atoms with Crippen molar-refractivity contribution in [2.75, 3.05) is 14.2 Å². The van der Waals surface area contributed by atoms with Gasteiger partial charge in [0, 0.05) is 12.7 Å². The van der Waals surface area contributed by atoms with Gasteiger partial charge in [-0.15, -0.1) is 0 Å². The lowest BCUT2D eigenvalue weighted by molar-refractivity contribution is -0.136. The number of likely N-dealkylation sites (N-methyl/N-ethyl adjacent to an activating group) is 1. The lowest BCUT2D eigenvalue weighted by Gasteiger charge is -2.08. The van der Waals surface area contributed by atoms with Crippen molar-refractivity contribution in [1.82, 2.24) is 4.90 Å². The lowest BCUT2D eigenvalue weighted by Crippen LogP contribution is -2.19. The molecule has 1 aromatic carbocycles. The molecule has 1 aromatic rings. The van der Waals surface area contributed by atoms with E-state index in [2.05, 4.69) is 0 Å². The number of aryl methyl sites for hydroxylation is 1. The molecule has 4 heteroatoms. The van der Waals surface area contributed by atoms with Gasteiger partial charge in [0.25, 0.3) is 5.91 Å². The first-order valence-electron chi connectivity index (χ1n) is 6.31. The second kappa shape index (κ2) is 5.33. The number of hydrogen-bond acceptors (Lipinski definition) is 3. The number of nitrogens with zero attached hydrogens (tertiary/aromatic N) is 1. The molecule has 2 rings (SSSR count). The second-order valence-corrected chi connectivity index (χ2v) is 4.78. The minimum atomic E-state index is -0.487. The van der Waals surface area contributed by atoms with Crippen molar-refractivity contribution in [3.05, 3.63) is 52.2 Å². The average Bonchev–Trinajstić information content (AvgIpc) is 2.65. The van der Waals surface area contributed by atoms with Crippen LogP contribution in [0.2, 0.25) is 0 Å². The molecule has 1 aliphatic rings. The standard InChI is InChI=1S/C16H17NO3/c1-10-5-7-12(8-6-10)9-13-14(16(19)20-4)11(2)17(3)15(13)18/h5-9H,1-4H3/b13-9-. The highest BCUT2D eigenvalue weighted by Crippen LogP contribution is 2.30. The van der Waals surface area contributed by atoms with Crippen LogP contribution in [0, 0.1) is 6.92 Å². The molecule has 1 aliphatic heterocycles. The SMILES string of the molecule is COC(=O)C1=C(C)N(C)C(=O)/C1=C\c1ccc(C)cc1. The Morgan fingerprint density at radius 2 is 1.80 bits per heavy atom. The molecular formula is C16H17NO3. The second-order valence-electron chi connectivity index (χ2n) is 4.78. The van der Waals surface area contributed by atoms with Crippen LogP contribution in [0.4, 0.5) is 0 Å². The highest BCUT2D eigenvalue weighted by atomic mass is 16.5. The van der Waals surface area contributed by atoms with Crippen molar-refractivity contribution in [1.29, 1.82) is 0 Å². The topological polar surface area (TPSA) is 46.6 Å². The minimum absolute atomic E-state index is 0.191. The molecule has 0 radical (unpaired) electrons. The Hall–Kier alpha value is -2.36. The molecule has 4 nitrogen and oxygen atoms in total. The number of allylic oxidation sites excluding steroid dienone is 1. The van der Waals surface area contributed by atoms with Gasteiger partial charge in [0.05, 0.1) is 18.3 Å². The molecule has 104 valence electrons. The van der Waals surface area contributed by atoms with Gasteiger partial charge < -0.3 is 9.64 Å². The summed E-state index contributed by atoms with van der Waals surface area (Å²) in [5.41, 5.74) is 3.34. The van der Waals surface area contributed by atoms with Gasteiger partial charge in [-0.1, -0.05) is 29.8 Å². The number of esters is 1. The monoisotopic (exact) mass is 271 g/mol. The Labute approximate surface area is 118 Å². The maximum Gasteiger partial charge on any atom is 0.340 e. The Bertz CT molecular complexity index is 624. The molecule has 0 aromatic heterocycles. The Morgan fingerprint density at radius 1 is 1.20 bits per heavy atom. The third kappa shape index (κ3) is 2.37. The number of hydrogen-bond donors (Lipinski definition) is 0. The van der Waals surface area contributed by atoms with Crippen LogP contribution in [-0.2, 0) is 14.3 Å². The van der Waals surface area contributed by atoms with E-state index in [4.69, 9.17) is 4.74 Å². The highest BCUT2D eigenvalue weighted by molar-refractivity contribution is 6.16. The van der Waals surface area contributed by atoms with E-state index in [9.17, 15) is 9.59 Å². The summed E-state index contributed by atoms with van der Waals surface area (Å²) in [6.45, 7) is 3.73.